The van der Waals surface area contributed by atoms with Crippen LogP contribution in [0.5, 0.6) is 0 Å². The van der Waals surface area contributed by atoms with E-state index in [-0.39, 0.29) is 5.91 Å². The van der Waals surface area contributed by atoms with E-state index >= 15 is 0 Å². The first-order valence-corrected chi connectivity index (χ1v) is 6.51. The molecule has 3 nitrogen and oxygen atoms in total. The molecular weight excluding hydrogens is 200 g/mol. The van der Waals surface area contributed by atoms with E-state index in [0.717, 1.165) is 31.8 Å². The van der Waals surface area contributed by atoms with E-state index in [1.54, 1.807) is 0 Å². The first-order chi connectivity index (χ1) is 7.54. The molecule has 0 saturated carbocycles. The zero-order valence-corrected chi connectivity index (χ0v) is 11.5. The normalized spacial score (nSPS) is 9.62. The highest BCUT2D eigenvalue weighted by Gasteiger charge is 1.94. The van der Waals surface area contributed by atoms with Gasteiger partial charge in [0.15, 0.2) is 0 Å². The van der Waals surface area contributed by atoms with E-state index in [1.165, 1.54) is 12.8 Å². The molecule has 98 valence electrons. The Bertz CT molecular complexity index is 144. The van der Waals surface area contributed by atoms with E-state index in [0.29, 0.717) is 6.42 Å². The highest BCUT2D eigenvalue weighted by molar-refractivity contribution is 5.75. The maximum Gasteiger partial charge on any atom is 0.219 e. The largest absolute Gasteiger partial charge is 0.356 e. The maximum atomic E-state index is 10.8. The predicted octanol–water partition coefficient (Wildman–Crippen LogP) is 2.69. The van der Waals surface area contributed by atoms with Gasteiger partial charge >= 0.3 is 0 Å². The SMILES string of the molecule is CC(C)C.CCC(=O)NCCCCCCN. The predicted molar refractivity (Wildman–Crippen MR) is 71.3 cm³/mol. The van der Waals surface area contributed by atoms with Crippen molar-refractivity contribution in [3.05, 3.63) is 0 Å². The Morgan fingerprint density at radius 1 is 1.12 bits per heavy atom. The second-order valence-corrected chi connectivity index (χ2v) is 4.64. The first-order valence-electron chi connectivity index (χ1n) is 6.51. The molecule has 0 aromatic heterocycles. The minimum absolute atomic E-state index is 0.147. The van der Waals surface area contributed by atoms with Crippen LogP contribution in [0.4, 0.5) is 0 Å². The van der Waals surface area contributed by atoms with Gasteiger partial charge in [-0.15, -0.1) is 0 Å². The fourth-order valence-corrected chi connectivity index (χ4v) is 0.976. The summed E-state index contributed by atoms with van der Waals surface area (Å²) >= 11 is 0. The van der Waals surface area contributed by atoms with Gasteiger partial charge in [-0.3, -0.25) is 4.79 Å². The number of carbonyl (C=O) groups is 1. The molecule has 3 heteroatoms. The number of carbonyl (C=O) groups excluding carboxylic acids is 1. The molecule has 0 rings (SSSR count). The monoisotopic (exact) mass is 230 g/mol. The van der Waals surface area contributed by atoms with Crippen LogP contribution in [0.2, 0.25) is 0 Å². The van der Waals surface area contributed by atoms with Crippen molar-refractivity contribution in [2.45, 2.75) is 59.8 Å². The molecule has 0 heterocycles. The molecular formula is C13H30N2O. The molecule has 0 fully saturated rings. The third-order valence-corrected chi connectivity index (χ3v) is 1.77. The standard InChI is InChI=1S/C9H20N2O.C4H10/c1-2-9(12)11-8-6-4-3-5-7-10;1-4(2)3/h2-8,10H2,1H3,(H,11,12);4H,1-3H3. The van der Waals surface area contributed by atoms with Gasteiger partial charge in [0.1, 0.15) is 0 Å². The second-order valence-electron chi connectivity index (χ2n) is 4.64. The number of nitrogens with two attached hydrogens (primary N) is 1. The van der Waals surface area contributed by atoms with Gasteiger partial charge in [-0.05, 0) is 25.3 Å². The summed E-state index contributed by atoms with van der Waals surface area (Å²) in [5.41, 5.74) is 5.34. The summed E-state index contributed by atoms with van der Waals surface area (Å²) in [5, 5.41) is 2.84. The molecule has 16 heavy (non-hydrogen) atoms. The van der Waals surface area contributed by atoms with Crippen molar-refractivity contribution in [2.75, 3.05) is 13.1 Å². The van der Waals surface area contributed by atoms with E-state index < -0.39 is 0 Å². The molecule has 0 aromatic carbocycles. The molecule has 0 spiro atoms. The zero-order chi connectivity index (χ0) is 12.8. The molecule has 0 aliphatic carbocycles. The van der Waals surface area contributed by atoms with E-state index in [2.05, 4.69) is 26.1 Å². The number of hydrogen-bond acceptors (Lipinski definition) is 2. The molecule has 0 aliphatic rings. The Hall–Kier alpha value is -0.570. The molecule has 0 radical (unpaired) electrons. The Labute approximate surface area is 101 Å². The molecule has 0 bridgehead atoms. The minimum Gasteiger partial charge on any atom is -0.356 e. The third kappa shape index (κ3) is 23.3. The number of nitrogens with one attached hydrogen (secondary N) is 1. The van der Waals surface area contributed by atoms with Gasteiger partial charge in [-0.25, -0.2) is 0 Å². The second kappa shape index (κ2) is 14.4. The number of amides is 1. The third-order valence-electron chi connectivity index (χ3n) is 1.77. The van der Waals surface area contributed by atoms with Crippen LogP contribution in [0, 0.1) is 5.92 Å². The molecule has 0 aliphatic heterocycles. The smallest absolute Gasteiger partial charge is 0.219 e. The Morgan fingerprint density at radius 3 is 2.06 bits per heavy atom. The van der Waals surface area contributed by atoms with E-state index in [4.69, 9.17) is 5.73 Å². The summed E-state index contributed by atoms with van der Waals surface area (Å²) in [6.45, 7) is 9.96. The highest BCUT2D eigenvalue weighted by Crippen LogP contribution is 1.96. The number of rotatable bonds is 7. The van der Waals surface area contributed by atoms with Crippen LogP contribution < -0.4 is 11.1 Å². The molecule has 0 unspecified atom stereocenters. The van der Waals surface area contributed by atoms with Crippen LogP contribution in [0.15, 0.2) is 0 Å². The fraction of sp³-hybridized carbons (Fsp3) is 0.923. The lowest BCUT2D eigenvalue weighted by Gasteiger charge is -2.02. The lowest BCUT2D eigenvalue weighted by atomic mass is 10.2. The van der Waals surface area contributed by atoms with Crippen molar-refractivity contribution in [1.82, 2.24) is 5.32 Å². The van der Waals surface area contributed by atoms with Crippen molar-refractivity contribution >= 4 is 5.91 Å². The van der Waals surface area contributed by atoms with Crippen LogP contribution in [-0.2, 0) is 4.79 Å². The van der Waals surface area contributed by atoms with Gasteiger partial charge in [0.25, 0.3) is 0 Å². The molecule has 3 N–H and O–H groups in total. The quantitative estimate of drug-likeness (QED) is 0.661. The Kier molecular flexibility index (Phi) is 16.1. The van der Waals surface area contributed by atoms with Gasteiger partial charge in [0.2, 0.25) is 5.91 Å². The maximum absolute atomic E-state index is 10.8. The summed E-state index contributed by atoms with van der Waals surface area (Å²) in [4.78, 5) is 10.8. The van der Waals surface area contributed by atoms with E-state index in [9.17, 15) is 4.79 Å². The zero-order valence-electron chi connectivity index (χ0n) is 11.5. The van der Waals surface area contributed by atoms with Crippen LogP contribution in [-0.4, -0.2) is 19.0 Å². The van der Waals surface area contributed by atoms with Gasteiger partial charge in [0, 0.05) is 13.0 Å². The Morgan fingerprint density at radius 2 is 1.62 bits per heavy atom. The van der Waals surface area contributed by atoms with Gasteiger partial charge in [0.05, 0.1) is 0 Å². The van der Waals surface area contributed by atoms with Crippen molar-refractivity contribution in [3.8, 4) is 0 Å². The van der Waals surface area contributed by atoms with Gasteiger partial charge < -0.3 is 11.1 Å². The van der Waals surface area contributed by atoms with Crippen molar-refractivity contribution in [2.24, 2.45) is 11.7 Å². The van der Waals surface area contributed by atoms with E-state index in [1.807, 2.05) is 6.92 Å². The van der Waals surface area contributed by atoms with Crippen LogP contribution in [0.3, 0.4) is 0 Å². The van der Waals surface area contributed by atoms with Crippen molar-refractivity contribution in [3.63, 3.8) is 0 Å². The topological polar surface area (TPSA) is 55.1 Å². The summed E-state index contributed by atoms with van der Waals surface area (Å²) in [6.07, 6.45) is 5.11. The highest BCUT2D eigenvalue weighted by atomic mass is 16.1. The summed E-state index contributed by atoms with van der Waals surface area (Å²) in [6, 6.07) is 0. The van der Waals surface area contributed by atoms with Crippen molar-refractivity contribution < 1.29 is 4.79 Å². The minimum atomic E-state index is 0.147. The van der Waals surface area contributed by atoms with Crippen molar-refractivity contribution in [1.29, 1.82) is 0 Å². The average molecular weight is 230 g/mol. The van der Waals surface area contributed by atoms with Gasteiger partial charge in [-0.1, -0.05) is 40.5 Å². The summed E-state index contributed by atoms with van der Waals surface area (Å²) in [7, 11) is 0. The lowest BCUT2D eigenvalue weighted by Crippen LogP contribution is -2.23. The average Bonchev–Trinajstić information content (AvgIpc) is 2.22. The van der Waals surface area contributed by atoms with Crippen LogP contribution >= 0.6 is 0 Å². The molecule has 0 saturated heterocycles. The lowest BCUT2D eigenvalue weighted by molar-refractivity contribution is -0.120. The Balaban J connectivity index is 0. The number of unbranched alkanes of at least 4 members (excludes halogenated alkanes) is 3. The van der Waals surface area contributed by atoms with Crippen LogP contribution in [0.1, 0.15) is 59.8 Å². The van der Waals surface area contributed by atoms with Gasteiger partial charge in [-0.2, -0.15) is 0 Å². The molecule has 0 atom stereocenters. The molecule has 0 aromatic rings. The fourth-order valence-electron chi connectivity index (χ4n) is 0.976. The van der Waals surface area contributed by atoms with Crippen LogP contribution in [0.25, 0.3) is 0 Å². The summed E-state index contributed by atoms with van der Waals surface area (Å²) in [5.74, 6) is 0.980. The first kappa shape index (κ1) is 17.8. The number of hydrogen-bond donors (Lipinski definition) is 2. The summed E-state index contributed by atoms with van der Waals surface area (Å²) < 4.78 is 0. The molecule has 1 amide bonds.